The summed E-state index contributed by atoms with van der Waals surface area (Å²) in [4.78, 5) is 31.1. The molecular weight excluding hydrogens is 704 g/mol. The van der Waals surface area contributed by atoms with Crippen LogP contribution in [0.1, 0.15) is 195 Å². The maximum absolute atomic E-state index is 10.4. The van der Waals surface area contributed by atoms with Crippen molar-refractivity contribution in [3.63, 3.8) is 0 Å². The summed E-state index contributed by atoms with van der Waals surface area (Å²) < 4.78 is 0. The number of fused-ring (bicyclic) bond motifs is 3. The van der Waals surface area contributed by atoms with E-state index in [9.17, 15) is 24.6 Å². The summed E-state index contributed by atoms with van der Waals surface area (Å²) in [5, 5.41) is 29.3. The van der Waals surface area contributed by atoms with E-state index in [4.69, 9.17) is 10.8 Å². The minimum Gasteiger partial charge on any atom is -0.550 e. The third-order valence-corrected chi connectivity index (χ3v) is 11.8. The maximum atomic E-state index is 10.4. The van der Waals surface area contributed by atoms with E-state index in [1.165, 1.54) is 37.7 Å². The van der Waals surface area contributed by atoms with Crippen LogP contribution < -0.4 is 15.9 Å². The van der Waals surface area contributed by atoms with Crippen molar-refractivity contribution in [3.05, 3.63) is 34.9 Å². The van der Waals surface area contributed by atoms with Crippen molar-refractivity contribution >= 4 is 17.9 Å². The number of aliphatic carboxylic acids is 3. The van der Waals surface area contributed by atoms with Crippen molar-refractivity contribution in [1.29, 1.82) is 0 Å². The van der Waals surface area contributed by atoms with E-state index in [1.807, 2.05) is 20.8 Å². The molecule has 1 aromatic rings. The molecule has 1 fully saturated rings. The van der Waals surface area contributed by atoms with Crippen LogP contribution in [0.15, 0.2) is 18.2 Å². The van der Waals surface area contributed by atoms with Crippen LogP contribution in [0.2, 0.25) is 0 Å². The van der Waals surface area contributed by atoms with Gasteiger partial charge in [0.2, 0.25) is 0 Å². The van der Waals surface area contributed by atoms with Crippen LogP contribution in [-0.4, -0.2) is 29.6 Å². The van der Waals surface area contributed by atoms with Crippen LogP contribution in [0, 0.1) is 29.1 Å². The van der Waals surface area contributed by atoms with Crippen molar-refractivity contribution < 1.29 is 49.2 Å². The molecule has 1 saturated carbocycles. The molecule has 0 radical (unpaired) electrons. The number of carboxylic acid groups (broad SMARTS) is 3. The summed E-state index contributed by atoms with van der Waals surface area (Å²) in [6.07, 6.45) is 17.3. The Balaban J connectivity index is 0. The first kappa shape index (κ1) is 52.3. The van der Waals surface area contributed by atoms with Gasteiger partial charge >= 0.3 is 25.4 Å². The minimum absolute atomic E-state index is 0. The fraction of sp³-hybridized carbons (Fsp3) is 0.795. The largest absolute Gasteiger partial charge is 2.00 e. The van der Waals surface area contributed by atoms with E-state index < -0.39 is 17.9 Å². The summed E-state index contributed by atoms with van der Waals surface area (Å²) in [7, 11) is 0. The number of benzene rings is 1. The van der Waals surface area contributed by atoms with Crippen LogP contribution in [0.25, 0.3) is 0 Å². The van der Waals surface area contributed by atoms with Gasteiger partial charge < -0.3 is 30.6 Å². The SMILES string of the molecule is CC(C)c1ccc2c(c1)CC[C@H]1[C@@](C)(CN)CCC[C@]21C.CCCCC(CC)C(=O)O.CCCCC(CC)C(=O)[O-].CCCCC(CC)C(=O)[O-].[Zn+2]. The molecule has 0 bridgehead atoms. The van der Waals surface area contributed by atoms with Gasteiger partial charge in [-0.2, -0.15) is 0 Å². The van der Waals surface area contributed by atoms with E-state index in [-0.39, 0.29) is 37.2 Å². The summed E-state index contributed by atoms with van der Waals surface area (Å²) in [5.74, 6) is -1.61. The number of nitrogens with two attached hydrogens (primary N) is 1. The van der Waals surface area contributed by atoms with Gasteiger partial charge in [-0.3, -0.25) is 4.79 Å². The number of hydrogen-bond acceptors (Lipinski definition) is 6. The van der Waals surface area contributed by atoms with Gasteiger partial charge in [-0.15, -0.1) is 0 Å². The molecule has 3 rings (SSSR count). The average Bonchev–Trinajstić information content (AvgIpc) is 3.09. The third-order valence-electron chi connectivity index (χ3n) is 11.8. The second-order valence-electron chi connectivity index (χ2n) is 16.0. The Hall–Kier alpha value is -1.79. The fourth-order valence-electron chi connectivity index (χ4n) is 8.08. The number of carbonyl (C=O) groups is 3. The number of carboxylic acids is 3. The van der Waals surface area contributed by atoms with E-state index in [0.717, 1.165) is 76.7 Å². The van der Waals surface area contributed by atoms with Crippen molar-refractivity contribution in [2.24, 2.45) is 34.8 Å². The topological polar surface area (TPSA) is 144 Å². The molecule has 0 spiro atoms. The van der Waals surface area contributed by atoms with Gasteiger partial charge in [0.05, 0.1) is 5.92 Å². The molecule has 8 heteroatoms. The van der Waals surface area contributed by atoms with Crippen molar-refractivity contribution in [3.8, 4) is 0 Å². The zero-order valence-corrected chi connectivity index (χ0v) is 38.1. The number of rotatable bonds is 17. The van der Waals surface area contributed by atoms with Crippen LogP contribution in [0.3, 0.4) is 0 Å². The summed E-state index contributed by atoms with van der Waals surface area (Å²) >= 11 is 0. The second kappa shape index (κ2) is 27.7. The van der Waals surface area contributed by atoms with Crippen LogP contribution >= 0.6 is 0 Å². The minimum atomic E-state index is -0.893. The van der Waals surface area contributed by atoms with E-state index in [0.29, 0.717) is 29.6 Å². The van der Waals surface area contributed by atoms with Gasteiger partial charge in [-0.1, -0.05) is 132 Å². The van der Waals surface area contributed by atoms with Crippen molar-refractivity contribution in [2.75, 3.05) is 6.54 Å². The van der Waals surface area contributed by atoms with Crippen LogP contribution in [0.4, 0.5) is 0 Å². The Morgan fingerprint density at radius 3 is 1.63 bits per heavy atom. The van der Waals surface area contributed by atoms with Crippen LogP contribution in [0.5, 0.6) is 0 Å². The smallest absolute Gasteiger partial charge is 0.550 e. The molecule has 1 aromatic carbocycles. The number of unbranched alkanes of at least 4 members (excludes halogenated alkanes) is 3. The Morgan fingerprint density at radius 2 is 1.27 bits per heavy atom. The maximum Gasteiger partial charge on any atom is 2.00 e. The predicted molar refractivity (Wildman–Crippen MR) is 208 cm³/mol. The first-order chi connectivity index (χ1) is 24.1. The zero-order valence-electron chi connectivity index (χ0n) is 35.1. The first-order valence-electron chi connectivity index (χ1n) is 20.5. The number of aryl methyl sites for hydroxylation is 1. The quantitative estimate of drug-likeness (QED) is 0.150. The van der Waals surface area contributed by atoms with Gasteiger partial charge in [0, 0.05) is 11.9 Å². The van der Waals surface area contributed by atoms with Gasteiger partial charge in [0.15, 0.2) is 0 Å². The molecule has 6 atom stereocenters. The van der Waals surface area contributed by atoms with Crippen molar-refractivity contribution in [1.82, 2.24) is 0 Å². The molecule has 2 aliphatic carbocycles. The summed E-state index contributed by atoms with van der Waals surface area (Å²) in [5.41, 5.74) is 11.6. The number of carbonyl (C=O) groups excluding carboxylic acids is 2. The first-order valence-corrected chi connectivity index (χ1v) is 20.5. The Morgan fingerprint density at radius 1 is 0.808 bits per heavy atom. The Kier molecular flexibility index (Phi) is 27.9. The number of hydrogen-bond donors (Lipinski definition) is 2. The van der Waals surface area contributed by atoms with Gasteiger partial charge in [0.1, 0.15) is 0 Å². The Labute approximate surface area is 331 Å². The zero-order chi connectivity index (χ0) is 39.2. The third kappa shape index (κ3) is 17.1. The molecule has 7 nitrogen and oxygen atoms in total. The fourth-order valence-corrected chi connectivity index (χ4v) is 8.08. The normalized spacial score (nSPS) is 21.8. The Bertz CT molecular complexity index is 1080. The second-order valence-corrected chi connectivity index (χ2v) is 16.0. The molecule has 0 amide bonds. The standard InChI is InChI=1S/C20H31N.3C8H16O2.Zn/c1-14(2)15-6-8-17-16(12-15)7-9-18-19(3,13-21)10-5-11-20(17,18)4;3*1-3-5-6-7(4-2)8(9)10;/h6,8,12,14,18H,5,7,9-11,13,21H2,1-4H3;3*7H,3-6H2,1-2H3,(H,9,10);/q;;;;+2/p-2/t18-,19+,20+;;;;/m0..../s1. The molecule has 296 valence electrons. The summed E-state index contributed by atoms with van der Waals surface area (Å²) in [6.45, 7) is 22.3. The van der Waals surface area contributed by atoms with Crippen LogP contribution in [-0.2, 0) is 45.7 Å². The van der Waals surface area contributed by atoms with Gasteiger partial charge in [0.25, 0.3) is 0 Å². The molecular formula is C44H77NO6Zn. The molecule has 3 N–H and O–H groups in total. The molecule has 3 unspecified atom stereocenters. The summed E-state index contributed by atoms with van der Waals surface area (Å²) in [6, 6.07) is 7.29. The average molecular weight is 781 g/mol. The van der Waals surface area contributed by atoms with Gasteiger partial charge in [-0.25, -0.2) is 0 Å². The molecule has 0 aromatic heterocycles. The molecule has 0 saturated heterocycles. The molecule has 52 heavy (non-hydrogen) atoms. The van der Waals surface area contributed by atoms with Crippen molar-refractivity contribution in [2.45, 2.75) is 190 Å². The molecule has 0 aliphatic heterocycles. The monoisotopic (exact) mass is 780 g/mol. The molecule has 2 aliphatic rings. The van der Waals surface area contributed by atoms with Gasteiger partial charge in [-0.05, 0) is 122 Å². The van der Waals surface area contributed by atoms with E-state index in [1.54, 1.807) is 11.1 Å². The van der Waals surface area contributed by atoms with E-state index in [2.05, 4.69) is 66.7 Å². The molecule has 0 heterocycles. The van der Waals surface area contributed by atoms with E-state index >= 15 is 0 Å². The predicted octanol–water partition coefficient (Wildman–Crippen LogP) is 8.97.